The van der Waals surface area contributed by atoms with E-state index in [4.69, 9.17) is 18.9 Å². The van der Waals surface area contributed by atoms with Gasteiger partial charge in [0.25, 0.3) is 0 Å². The molecule has 0 spiro atoms. The van der Waals surface area contributed by atoms with Crippen LogP contribution >= 0.6 is 0 Å². The summed E-state index contributed by atoms with van der Waals surface area (Å²) in [6, 6.07) is 0. The minimum atomic E-state index is -2.48. The van der Waals surface area contributed by atoms with Crippen LogP contribution < -0.4 is 0 Å². The van der Waals surface area contributed by atoms with Crippen molar-refractivity contribution in [1.82, 2.24) is 0 Å². The van der Waals surface area contributed by atoms with Gasteiger partial charge in [0.1, 0.15) is 18.6 Å². The van der Waals surface area contributed by atoms with E-state index >= 15 is 0 Å². The van der Waals surface area contributed by atoms with E-state index in [2.05, 4.69) is 6.58 Å². The Morgan fingerprint density at radius 1 is 0.758 bits per heavy atom. The van der Waals surface area contributed by atoms with Crippen molar-refractivity contribution in [2.24, 2.45) is 17.3 Å². The molecule has 2 atom stereocenters. The number of aliphatic carboxylic acids is 2. The van der Waals surface area contributed by atoms with Crippen LogP contribution in [0.1, 0.15) is 53.4 Å². The topological polar surface area (TPSA) is 146 Å². The second kappa shape index (κ2) is 16.2. The van der Waals surface area contributed by atoms with E-state index in [1.807, 2.05) is 13.8 Å². The van der Waals surface area contributed by atoms with Crippen LogP contribution in [0.3, 0.4) is 0 Å². The van der Waals surface area contributed by atoms with E-state index in [-0.39, 0.29) is 26.4 Å². The van der Waals surface area contributed by atoms with Gasteiger partial charge in [0, 0.05) is 18.8 Å². The van der Waals surface area contributed by atoms with Gasteiger partial charge < -0.3 is 29.2 Å². The van der Waals surface area contributed by atoms with Crippen LogP contribution in [-0.4, -0.2) is 73.7 Å². The van der Waals surface area contributed by atoms with Gasteiger partial charge in [-0.05, 0) is 12.8 Å². The summed E-state index contributed by atoms with van der Waals surface area (Å²) in [5.41, 5.74) is -3.30. The Balaban J connectivity index is 5.46. The second-order valence-electron chi connectivity index (χ2n) is 7.67. The molecule has 2 N–H and O–H groups in total. The lowest BCUT2D eigenvalue weighted by Crippen LogP contribution is -2.52. The second-order valence-corrected chi connectivity index (χ2v) is 7.67. The first-order valence-corrected chi connectivity index (χ1v) is 11.2. The Hall–Kier alpha value is -2.46. The highest BCUT2D eigenvalue weighted by molar-refractivity contribution is 6.01. The van der Waals surface area contributed by atoms with Crippen molar-refractivity contribution in [3.63, 3.8) is 0 Å². The number of carbonyl (C=O) groups is 4. The molecule has 33 heavy (non-hydrogen) atoms. The Bertz CT molecular complexity index is 624. The van der Waals surface area contributed by atoms with E-state index in [0.29, 0.717) is 13.2 Å². The third-order valence-corrected chi connectivity index (χ3v) is 5.41. The standard InChI is InChI=1S/C23H38O10/c1-6-8-10-30-12-14-32-20(26)17(4)23(22(28)29,16(3)19(24)25)18(5)21(27)33-15-13-31-11-9-7-2/h17-18H,3,6-15H2,1-2,4-5H3,(H,24,25)(H,28,29). The number of carboxylic acid groups (broad SMARTS) is 2. The summed E-state index contributed by atoms with van der Waals surface area (Å²) in [6.07, 6.45) is 3.56. The molecule has 0 aliphatic heterocycles. The minimum absolute atomic E-state index is 0.105. The average molecular weight is 475 g/mol. The summed E-state index contributed by atoms with van der Waals surface area (Å²) in [5, 5.41) is 19.5. The predicted molar refractivity (Wildman–Crippen MR) is 119 cm³/mol. The molecule has 0 fully saturated rings. The number of unbranched alkanes of at least 4 members (excludes halogenated alkanes) is 2. The minimum Gasteiger partial charge on any atom is -0.481 e. The van der Waals surface area contributed by atoms with E-state index in [9.17, 15) is 29.4 Å². The molecule has 0 saturated heterocycles. The third-order valence-electron chi connectivity index (χ3n) is 5.41. The highest BCUT2D eigenvalue weighted by atomic mass is 16.6. The van der Waals surface area contributed by atoms with Crippen molar-refractivity contribution in [3.8, 4) is 0 Å². The van der Waals surface area contributed by atoms with Gasteiger partial charge in [-0.3, -0.25) is 14.4 Å². The molecule has 0 aliphatic rings. The fourth-order valence-corrected chi connectivity index (χ4v) is 3.30. The number of ether oxygens (including phenoxy) is 4. The summed E-state index contributed by atoms with van der Waals surface area (Å²) < 4.78 is 20.8. The van der Waals surface area contributed by atoms with E-state index in [0.717, 1.165) is 25.7 Å². The van der Waals surface area contributed by atoms with Gasteiger partial charge in [-0.25, -0.2) is 4.79 Å². The lowest BCUT2D eigenvalue weighted by atomic mass is 9.63. The maximum absolute atomic E-state index is 12.7. The normalized spacial score (nSPS) is 14.5. The summed E-state index contributed by atoms with van der Waals surface area (Å²) in [4.78, 5) is 49.4. The van der Waals surface area contributed by atoms with Crippen molar-refractivity contribution in [2.75, 3.05) is 39.6 Å². The van der Waals surface area contributed by atoms with Crippen LogP contribution in [0.2, 0.25) is 0 Å². The Morgan fingerprint density at radius 2 is 1.15 bits per heavy atom. The number of rotatable bonds is 19. The number of hydrogen-bond acceptors (Lipinski definition) is 8. The molecular formula is C23H38O10. The van der Waals surface area contributed by atoms with Crippen LogP contribution in [0.5, 0.6) is 0 Å². The zero-order valence-electron chi connectivity index (χ0n) is 20.1. The SMILES string of the molecule is C=C(C(=O)O)C(C(=O)O)(C(C)C(=O)OCCOCCCC)C(C)C(=O)OCCOCCCC. The Kier molecular flexibility index (Phi) is 15.0. The van der Waals surface area contributed by atoms with Crippen molar-refractivity contribution < 1.29 is 48.3 Å². The van der Waals surface area contributed by atoms with Gasteiger partial charge >= 0.3 is 23.9 Å². The third kappa shape index (κ3) is 9.13. The quantitative estimate of drug-likeness (QED) is 0.163. The van der Waals surface area contributed by atoms with Crippen LogP contribution in [0, 0.1) is 17.3 Å². The Morgan fingerprint density at radius 3 is 1.45 bits per heavy atom. The number of esters is 2. The highest BCUT2D eigenvalue weighted by Gasteiger charge is 2.58. The van der Waals surface area contributed by atoms with E-state index < -0.39 is 46.7 Å². The largest absolute Gasteiger partial charge is 0.481 e. The molecule has 0 aromatic heterocycles. The summed E-state index contributed by atoms with van der Waals surface area (Å²) >= 11 is 0. The highest BCUT2D eigenvalue weighted by Crippen LogP contribution is 2.44. The molecule has 0 amide bonds. The number of carboxylic acids is 2. The van der Waals surface area contributed by atoms with Crippen molar-refractivity contribution >= 4 is 23.9 Å². The monoisotopic (exact) mass is 474 g/mol. The van der Waals surface area contributed by atoms with Gasteiger partial charge in [0.05, 0.1) is 25.0 Å². The van der Waals surface area contributed by atoms with Crippen LogP contribution in [0.25, 0.3) is 0 Å². The molecule has 2 unspecified atom stereocenters. The number of carbonyl (C=O) groups excluding carboxylic acids is 2. The number of hydrogen-bond donors (Lipinski definition) is 2. The summed E-state index contributed by atoms with van der Waals surface area (Å²) in [6.45, 7) is 10.7. The van der Waals surface area contributed by atoms with Gasteiger partial charge in [-0.15, -0.1) is 0 Å². The van der Waals surface area contributed by atoms with E-state index in [1.54, 1.807) is 0 Å². The van der Waals surface area contributed by atoms with Gasteiger partial charge in [0.15, 0.2) is 0 Å². The maximum Gasteiger partial charge on any atom is 0.332 e. The Labute approximate surface area is 195 Å². The maximum atomic E-state index is 12.7. The van der Waals surface area contributed by atoms with Crippen LogP contribution in [-0.2, 0) is 38.1 Å². The van der Waals surface area contributed by atoms with Crippen LogP contribution in [0.4, 0.5) is 0 Å². The van der Waals surface area contributed by atoms with Gasteiger partial charge in [-0.1, -0.05) is 47.1 Å². The molecule has 0 bridgehead atoms. The lowest BCUT2D eigenvalue weighted by Gasteiger charge is -2.37. The molecule has 0 aliphatic carbocycles. The molecule has 0 saturated carbocycles. The molecule has 0 aromatic rings. The molecule has 0 aromatic carbocycles. The molecule has 0 rings (SSSR count). The average Bonchev–Trinajstić information content (AvgIpc) is 2.77. The fraction of sp³-hybridized carbons (Fsp3) is 0.739. The molecule has 10 heteroatoms. The molecule has 10 nitrogen and oxygen atoms in total. The van der Waals surface area contributed by atoms with Gasteiger partial charge in [0.2, 0.25) is 0 Å². The predicted octanol–water partition coefficient (Wildman–Crippen LogP) is 2.69. The first kappa shape index (κ1) is 30.5. The van der Waals surface area contributed by atoms with Crippen LogP contribution in [0.15, 0.2) is 12.2 Å². The van der Waals surface area contributed by atoms with Crippen molar-refractivity contribution in [3.05, 3.63) is 12.2 Å². The molecule has 0 radical (unpaired) electrons. The first-order valence-electron chi connectivity index (χ1n) is 11.2. The molecule has 0 heterocycles. The zero-order chi connectivity index (χ0) is 25.4. The lowest BCUT2D eigenvalue weighted by molar-refractivity contribution is -0.174. The fourth-order valence-electron chi connectivity index (χ4n) is 3.30. The molecular weight excluding hydrogens is 436 g/mol. The summed E-state index contributed by atoms with van der Waals surface area (Å²) in [5.74, 6) is -8.40. The summed E-state index contributed by atoms with van der Waals surface area (Å²) in [7, 11) is 0. The van der Waals surface area contributed by atoms with Crippen molar-refractivity contribution in [1.29, 1.82) is 0 Å². The van der Waals surface area contributed by atoms with Gasteiger partial charge in [-0.2, -0.15) is 0 Å². The zero-order valence-corrected chi connectivity index (χ0v) is 20.1. The molecule has 190 valence electrons. The smallest absolute Gasteiger partial charge is 0.332 e. The van der Waals surface area contributed by atoms with Crippen molar-refractivity contribution in [2.45, 2.75) is 53.4 Å². The van der Waals surface area contributed by atoms with E-state index in [1.165, 1.54) is 13.8 Å². The first-order chi connectivity index (χ1) is 15.6.